The van der Waals surface area contributed by atoms with Crippen molar-refractivity contribution in [2.75, 3.05) is 6.61 Å². The van der Waals surface area contributed by atoms with E-state index in [1.807, 2.05) is 48.5 Å². The minimum absolute atomic E-state index is 0.124. The van der Waals surface area contributed by atoms with E-state index in [2.05, 4.69) is 21.2 Å². The fraction of sp³-hybridized carbons (Fsp3) is 0.333. The third-order valence-electron chi connectivity index (χ3n) is 6.71. The molecule has 4 rings (SSSR count). The lowest BCUT2D eigenvalue weighted by Gasteiger charge is -2.33. The number of benzene rings is 3. The molecule has 1 fully saturated rings. The molecule has 3 aromatic rings. The van der Waals surface area contributed by atoms with E-state index in [1.165, 1.54) is 6.42 Å². The van der Waals surface area contributed by atoms with Gasteiger partial charge in [-0.1, -0.05) is 84.9 Å². The zero-order chi connectivity index (χ0) is 26.9. The van der Waals surface area contributed by atoms with Crippen molar-refractivity contribution >= 4 is 50.9 Å². The zero-order valence-corrected chi connectivity index (χ0v) is 24.1. The van der Waals surface area contributed by atoms with Gasteiger partial charge >= 0.3 is 0 Å². The van der Waals surface area contributed by atoms with E-state index in [0.29, 0.717) is 26.7 Å². The molecule has 0 heterocycles. The van der Waals surface area contributed by atoms with Crippen LogP contribution in [0.5, 0.6) is 5.75 Å². The number of rotatable bonds is 10. The molecule has 2 amide bonds. The van der Waals surface area contributed by atoms with Gasteiger partial charge in [0.05, 0.1) is 4.47 Å². The number of halogens is 3. The van der Waals surface area contributed by atoms with Crippen molar-refractivity contribution in [1.29, 1.82) is 0 Å². The predicted molar refractivity (Wildman–Crippen MR) is 156 cm³/mol. The molecule has 0 saturated heterocycles. The number of hydrogen-bond donors (Lipinski definition) is 1. The maximum atomic E-state index is 13.8. The van der Waals surface area contributed by atoms with Crippen LogP contribution in [-0.4, -0.2) is 35.4 Å². The summed E-state index contributed by atoms with van der Waals surface area (Å²) < 4.78 is 6.52. The Hall–Kier alpha value is -2.54. The van der Waals surface area contributed by atoms with Crippen molar-refractivity contribution in [1.82, 2.24) is 10.2 Å². The maximum absolute atomic E-state index is 13.8. The Morgan fingerprint density at radius 3 is 2.34 bits per heavy atom. The lowest BCUT2D eigenvalue weighted by molar-refractivity contribution is -0.143. The third-order valence-corrected chi connectivity index (χ3v) is 7.80. The van der Waals surface area contributed by atoms with E-state index in [9.17, 15) is 9.59 Å². The lowest BCUT2D eigenvalue weighted by atomic mass is 9.94. The van der Waals surface area contributed by atoms with Crippen LogP contribution in [-0.2, 0) is 22.6 Å². The van der Waals surface area contributed by atoms with Gasteiger partial charge in [-0.3, -0.25) is 9.59 Å². The van der Waals surface area contributed by atoms with Gasteiger partial charge in [-0.05, 0) is 70.2 Å². The average Bonchev–Trinajstić information content (AvgIpc) is 2.91. The summed E-state index contributed by atoms with van der Waals surface area (Å²) in [4.78, 5) is 29.2. The van der Waals surface area contributed by atoms with E-state index in [-0.39, 0.29) is 31.0 Å². The van der Waals surface area contributed by atoms with Gasteiger partial charge in [0.2, 0.25) is 5.91 Å². The van der Waals surface area contributed by atoms with Crippen LogP contribution in [0.15, 0.2) is 77.3 Å². The van der Waals surface area contributed by atoms with Gasteiger partial charge in [0.25, 0.3) is 5.91 Å². The van der Waals surface area contributed by atoms with E-state index < -0.39 is 6.04 Å². The summed E-state index contributed by atoms with van der Waals surface area (Å²) in [5, 5.41) is 4.37. The molecule has 38 heavy (non-hydrogen) atoms. The summed E-state index contributed by atoms with van der Waals surface area (Å²) in [6.07, 6.45) is 5.69. The van der Waals surface area contributed by atoms with Gasteiger partial charge < -0.3 is 15.0 Å². The van der Waals surface area contributed by atoms with Crippen LogP contribution in [0.4, 0.5) is 0 Å². The first kappa shape index (κ1) is 28.5. The highest BCUT2D eigenvalue weighted by molar-refractivity contribution is 9.10. The highest BCUT2D eigenvalue weighted by atomic mass is 79.9. The fourth-order valence-corrected chi connectivity index (χ4v) is 5.75. The molecule has 1 saturated carbocycles. The average molecular weight is 618 g/mol. The summed E-state index contributed by atoms with van der Waals surface area (Å²) in [6.45, 7) is -0.0110. The topological polar surface area (TPSA) is 58.6 Å². The molecule has 5 nitrogen and oxygen atoms in total. The molecule has 0 aliphatic heterocycles. The Kier molecular flexibility index (Phi) is 10.5. The summed E-state index contributed by atoms with van der Waals surface area (Å²) in [7, 11) is 0. The van der Waals surface area contributed by atoms with Crippen LogP contribution in [0.25, 0.3) is 0 Å². The Balaban J connectivity index is 1.62. The van der Waals surface area contributed by atoms with Crippen molar-refractivity contribution in [3.8, 4) is 5.75 Å². The summed E-state index contributed by atoms with van der Waals surface area (Å²) in [6, 6.07) is 21.6. The SMILES string of the molecule is O=C(NC1CCCCC1)C(Cc1ccccc1)N(Cc1cccc(Cl)c1)C(=O)COc1ccc(Cl)cc1Br. The molecule has 0 bridgehead atoms. The highest BCUT2D eigenvalue weighted by Gasteiger charge is 2.32. The fourth-order valence-electron chi connectivity index (χ4n) is 4.74. The van der Waals surface area contributed by atoms with Crippen molar-refractivity contribution in [3.63, 3.8) is 0 Å². The molecule has 3 aromatic carbocycles. The van der Waals surface area contributed by atoms with Crippen molar-refractivity contribution in [2.45, 2.75) is 57.2 Å². The molecule has 1 atom stereocenters. The second-order valence-corrected chi connectivity index (χ2v) is 11.3. The Morgan fingerprint density at radius 1 is 0.921 bits per heavy atom. The number of nitrogens with zero attached hydrogens (tertiary/aromatic N) is 1. The van der Waals surface area contributed by atoms with Crippen LogP contribution < -0.4 is 10.1 Å². The Labute approximate surface area is 242 Å². The minimum atomic E-state index is -0.719. The van der Waals surface area contributed by atoms with Crippen LogP contribution >= 0.6 is 39.1 Å². The molecule has 1 N–H and O–H groups in total. The number of nitrogens with one attached hydrogen (secondary N) is 1. The van der Waals surface area contributed by atoms with Gasteiger partial charge in [-0.25, -0.2) is 0 Å². The molecule has 8 heteroatoms. The van der Waals surface area contributed by atoms with E-state index in [1.54, 1.807) is 29.2 Å². The number of amides is 2. The van der Waals surface area contributed by atoms with Crippen molar-refractivity contribution in [2.24, 2.45) is 0 Å². The molecule has 1 unspecified atom stereocenters. The second kappa shape index (κ2) is 14.0. The molecule has 0 radical (unpaired) electrons. The second-order valence-electron chi connectivity index (χ2n) is 9.56. The maximum Gasteiger partial charge on any atom is 0.261 e. The smallest absolute Gasteiger partial charge is 0.261 e. The number of ether oxygens (including phenoxy) is 1. The largest absolute Gasteiger partial charge is 0.483 e. The van der Waals surface area contributed by atoms with Gasteiger partial charge in [-0.15, -0.1) is 0 Å². The minimum Gasteiger partial charge on any atom is -0.483 e. The van der Waals surface area contributed by atoms with E-state index in [4.69, 9.17) is 27.9 Å². The summed E-state index contributed by atoms with van der Waals surface area (Å²) in [5.41, 5.74) is 1.81. The monoisotopic (exact) mass is 616 g/mol. The van der Waals surface area contributed by atoms with Crippen LogP contribution in [0.2, 0.25) is 10.0 Å². The Morgan fingerprint density at radius 2 is 1.63 bits per heavy atom. The summed E-state index contributed by atoms with van der Waals surface area (Å²) >= 11 is 15.7. The predicted octanol–water partition coefficient (Wildman–Crippen LogP) is 7.22. The first-order chi connectivity index (χ1) is 18.4. The van der Waals surface area contributed by atoms with Gasteiger partial charge in [0, 0.05) is 29.1 Å². The standard InChI is InChI=1S/C30H31BrCl2N2O3/c31-26-18-24(33)14-15-28(26)38-20-29(36)35(19-22-10-7-11-23(32)16-22)27(17-21-8-3-1-4-9-21)30(37)34-25-12-5-2-6-13-25/h1,3-4,7-11,14-16,18,25,27H,2,5-6,12-13,17,19-20H2,(H,34,37). The molecule has 0 spiro atoms. The number of carbonyl (C=O) groups is 2. The normalized spacial score (nSPS) is 14.5. The van der Waals surface area contributed by atoms with Gasteiger partial charge in [-0.2, -0.15) is 0 Å². The first-order valence-electron chi connectivity index (χ1n) is 12.8. The van der Waals surface area contributed by atoms with Crippen LogP contribution in [0.1, 0.15) is 43.2 Å². The highest BCUT2D eigenvalue weighted by Crippen LogP contribution is 2.28. The van der Waals surface area contributed by atoms with E-state index in [0.717, 1.165) is 36.8 Å². The van der Waals surface area contributed by atoms with Crippen LogP contribution in [0, 0.1) is 0 Å². The zero-order valence-electron chi connectivity index (χ0n) is 21.0. The van der Waals surface area contributed by atoms with Crippen molar-refractivity contribution in [3.05, 3.63) is 98.4 Å². The van der Waals surface area contributed by atoms with Crippen LogP contribution in [0.3, 0.4) is 0 Å². The Bertz CT molecular complexity index is 1240. The quantitative estimate of drug-likeness (QED) is 0.261. The molecular formula is C30H31BrCl2N2O3. The molecule has 0 aromatic heterocycles. The van der Waals surface area contributed by atoms with Gasteiger partial charge in [0.1, 0.15) is 11.8 Å². The third kappa shape index (κ3) is 8.23. The number of carbonyl (C=O) groups excluding carboxylic acids is 2. The molecule has 1 aliphatic carbocycles. The van der Waals surface area contributed by atoms with Crippen molar-refractivity contribution < 1.29 is 14.3 Å². The van der Waals surface area contributed by atoms with E-state index >= 15 is 0 Å². The van der Waals surface area contributed by atoms with Gasteiger partial charge in [0.15, 0.2) is 6.61 Å². The number of hydrogen-bond acceptors (Lipinski definition) is 3. The summed E-state index contributed by atoms with van der Waals surface area (Å²) in [5.74, 6) is 0.0482. The molecule has 1 aliphatic rings. The molecular weight excluding hydrogens is 587 g/mol. The molecule has 200 valence electrons. The lowest BCUT2D eigenvalue weighted by Crippen LogP contribution is -2.53. The first-order valence-corrected chi connectivity index (χ1v) is 14.4.